The highest BCUT2D eigenvalue weighted by atomic mass is 79.9. The molecule has 0 unspecified atom stereocenters. The first-order valence-electron chi connectivity index (χ1n) is 8.16. The van der Waals surface area contributed by atoms with Gasteiger partial charge in [-0.3, -0.25) is 9.59 Å². The molecule has 28 heavy (non-hydrogen) atoms. The first-order chi connectivity index (χ1) is 13.1. The lowest BCUT2D eigenvalue weighted by molar-refractivity contribution is -0.137. The molecular weight excluding hydrogens is 441 g/mol. The van der Waals surface area contributed by atoms with Gasteiger partial charge in [-0.15, -0.1) is 0 Å². The minimum atomic E-state index is -4.50. The van der Waals surface area contributed by atoms with Crippen LogP contribution in [0.2, 0.25) is 0 Å². The fraction of sp³-hybridized carbons (Fsp3) is 0.263. The molecule has 0 aliphatic carbocycles. The number of likely N-dealkylation sites (N-methyl/N-ethyl adjacent to an activating group) is 1. The van der Waals surface area contributed by atoms with Gasteiger partial charge in [0.05, 0.1) is 12.1 Å². The summed E-state index contributed by atoms with van der Waals surface area (Å²) in [5, 5.41) is 2.70. The molecule has 9 heteroatoms. The van der Waals surface area contributed by atoms with Crippen molar-refractivity contribution in [3.63, 3.8) is 0 Å². The molecular formula is C19H18BrF3N2O3. The summed E-state index contributed by atoms with van der Waals surface area (Å²) in [5.74, 6) is -1.02. The molecule has 0 saturated carbocycles. The average molecular weight is 459 g/mol. The molecule has 2 amide bonds. The summed E-state index contributed by atoms with van der Waals surface area (Å²) in [5.41, 5.74) is 0.605. The van der Waals surface area contributed by atoms with Crippen LogP contribution in [0.5, 0.6) is 5.75 Å². The Balaban J connectivity index is 1.88. The molecule has 1 N–H and O–H groups in total. The quantitative estimate of drug-likeness (QED) is 0.703. The highest BCUT2D eigenvalue weighted by molar-refractivity contribution is 9.10. The van der Waals surface area contributed by atoms with Gasteiger partial charge in [0.1, 0.15) is 5.75 Å². The number of carbonyl (C=O) groups is 2. The number of rotatable bonds is 6. The molecule has 0 aliphatic heterocycles. The van der Waals surface area contributed by atoms with Crippen LogP contribution in [0.1, 0.15) is 11.1 Å². The van der Waals surface area contributed by atoms with Gasteiger partial charge in [0.25, 0.3) is 5.91 Å². The van der Waals surface area contributed by atoms with Gasteiger partial charge in [-0.2, -0.15) is 13.2 Å². The Morgan fingerprint density at radius 2 is 1.89 bits per heavy atom. The lowest BCUT2D eigenvalue weighted by Gasteiger charge is -2.18. The number of carbonyl (C=O) groups excluding carboxylic acids is 2. The molecule has 0 bridgehead atoms. The number of alkyl halides is 3. The first kappa shape index (κ1) is 21.7. The molecule has 0 spiro atoms. The highest BCUT2D eigenvalue weighted by Gasteiger charge is 2.30. The third-order valence-corrected chi connectivity index (χ3v) is 4.29. The maximum absolute atomic E-state index is 12.7. The minimum absolute atomic E-state index is 0.0773. The molecule has 0 radical (unpaired) electrons. The van der Waals surface area contributed by atoms with Gasteiger partial charge >= 0.3 is 6.18 Å². The van der Waals surface area contributed by atoms with E-state index in [1.807, 2.05) is 13.0 Å². The Bertz CT molecular complexity index is 872. The van der Waals surface area contributed by atoms with E-state index < -0.39 is 30.2 Å². The second-order valence-corrected chi connectivity index (χ2v) is 6.99. The number of amides is 2. The Morgan fingerprint density at radius 3 is 2.54 bits per heavy atom. The van der Waals surface area contributed by atoms with Crippen molar-refractivity contribution in [1.82, 2.24) is 4.90 Å². The van der Waals surface area contributed by atoms with E-state index in [0.29, 0.717) is 5.69 Å². The van der Waals surface area contributed by atoms with Crippen molar-refractivity contribution in [3.05, 3.63) is 58.1 Å². The predicted molar refractivity (Wildman–Crippen MR) is 102 cm³/mol. The van der Waals surface area contributed by atoms with Crippen LogP contribution in [0.4, 0.5) is 18.9 Å². The zero-order chi connectivity index (χ0) is 20.9. The van der Waals surface area contributed by atoms with Crippen LogP contribution in [-0.2, 0) is 15.8 Å². The molecule has 0 aromatic heterocycles. The minimum Gasteiger partial charge on any atom is -0.484 e. The summed E-state index contributed by atoms with van der Waals surface area (Å²) in [6.45, 7) is 1.13. The van der Waals surface area contributed by atoms with E-state index in [2.05, 4.69) is 21.2 Å². The zero-order valence-corrected chi connectivity index (χ0v) is 16.7. The molecule has 0 aliphatic rings. The van der Waals surface area contributed by atoms with Gasteiger partial charge in [-0.25, -0.2) is 0 Å². The van der Waals surface area contributed by atoms with E-state index in [4.69, 9.17) is 4.74 Å². The van der Waals surface area contributed by atoms with Crippen molar-refractivity contribution in [1.29, 1.82) is 0 Å². The summed E-state index contributed by atoms with van der Waals surface area (Å²) >= 11 is 3.33. The standard InChI is InChI=1S/C19H18BrF3N2O3/c1-12-8-14(20)6-7-16(12)24-17(26)10-25(2)18(27)11-28-15-5-3-4-13(9-15)19(21,22)23/h3-9H,10-11H2,1-2H3,(H,24,26). The average Bonchev–Trinajstić information content (AvgIpc) is 2.61. The number of nitrogens with one attached hydrogen (secondary N) is 1. The number of ether oxygens (including phenoxy) is 1. The fourth-order valence-electron chi connectivity index (χ4n) is 2.28. The summed E-state index contributed by atoms with van der Waals surface area (Å²) in [4.78, 5) is 25.3. The lowest BCUT2D eigenvalue weighted by Crippen LogP contribution is -2.37. The maximum atomic E-state index is 12.7. The van der Waals surface area contributed by atoms with Crippen molar-refractivity contribution in [2.45, 2.75) is 13.1 Å². The Labute approximate surface area is 168 Å². The Hall–Kier alpha value is -2.55. The van der Waals surface area contributed by atoms with E-state index in [-0.39, 0.29) is 12.3 Å². The van der Waals surface area contributed by atoms with Crippen molar-refractivity contribution in [2.75, 3.05) is 25.5 Å². The van der Waals surface area contributed by atoms with Gasteiger partial charge in [0, 0.05) is 17.2 Å². The predicted octanol–water partition coefficient (Wildman–Crippen LogP) is 4.25. The maximum Gasteiger partial charge on any atom is 0.416 e. The van der Waals surface area contributed by atoms with Crippen molar-refractivity contribution < 1.29 is 27.5 Å². The van der Waals surface area contributed by atoms with Gasteiger partial charge in [0.2, 0.25) is 5.91 Å². The fourth-order valence-corrected chi connectivity index (χ4v) is 2.75. The summed E-state index contributed by atoms with van der Waals surface area (Å²) in [7, 11) is 1.41. The number of aryl methyl sites for hydroxylation is 1. The van der Waals surface area contributed by atoms with Crippen molar-refractivity contribution in [2.24, 2.45) is 0 Å². The second kappa shape index (κ2) is 9.09. The molecule has 0 saturated heterocycles. The Kier molecular flexibility index (Phi) is 7.06. The van der Waals surface area contributed by atoms with Crippen molar-refractivity contribution in [3.8, 4) is 5.75 Å². The van der Waals surface area contributed by atoms with E-state index in [1.54, 1.807) is 12.1 Å². The van der Waals surface area contributed by atoms with E-state index in [1.165, 1.54) is 19.2 Å². The number of halogens is 4. The molecule has 2 aromatic carbocycles. The first-order valence-corrected chi connectivity index (χ1v) is 8.95. The second-order valence-electron chi connectivity index (χ2n) is 6.07. The number of hydrogen-bond acceptors (Lipinski definition) is 3. The largest absolute Gasteiger partial charge is 0.484 e. The summed E-state index contributed by atoms with van der Waals surface area (Å²) < 4.78 is 44.1. The molecule has 150 valence electrons. The summed E-state index contributed by atoms with van der Waals surface area (Å²) in [6, 6.07) is 9.60. The number of hydrogen-bond donors (Lipinski definition) is 1. The van der Waals surface area contributed by atoms with Crippen LogP contribution in [0.25, 0.3) is 0 Å². The Morgan fingerprint density at radius 1 is 1.18 bits per heavy atom. The molecule has 0 atom stereocenters. The van der Waals surface area contributed by atoms with E-state index in [0.717, 1.165) is 27.1 Å². The SMILES string of the molecule is Cc1cc(Br)ccc1NC(=O)CN(C)C(=O)COc1cccc(C(F)(F)F)c1. The number of benzene rings is 2. The van der Waals surface area contributed by atoms with Crippen molar-refractivity contribution >= 4 is 33.4 Å². The highest BCUT2D eigenvalue weighted by Crippen LogP contribution is 2.31. The topological polar surface area (TPSA) is 58.6 Å². The van der Waals surface area contributed by atoms with E-state index in [9.17, 15) is 22.8 Å². The lowest BCUT2D eigenvalue weighted by atomic mass is 10.2. The van der Waals surface area contributed by atoms with Crippen LogP contribution in [0.15, 0.2) is 46.9 Å². The molecule has 0 fully saturated rings. The normalized spacial score (nSPS) is 11.1. The monoisotopic (exact) mass is 458 g/mol. The van der Waals surface area contributed by atoms with Crippen LogP contribution in [0.3, 0.4) is 0 Å². The van der Waals surface area contributed by atoms with Crippen LogP contribution < -0.4 is 10.1 Å². The third kappa shape index (κ3) is 6.26. The van der Waals surface area contributed by atoms with Gasteiger partial charge in [-0.05, 0) is 48.9 Å². The van der Waals surface area contributed by atoms with Crippen LogP contribution in [0, 0.1) is 6.92 Å². The number of anilines is 1. The van der Waals surface area contributed by atoms with Gasteiger partial charge in [0.15, 0.2) is 6.61 Å². The van der Waals surface area contributed by atoms with Crippen LogP contribution in [-0.4, -0.2) is 36.9 Å². The molecule has 5 nitrogen and oxygen atoms in total. The zero-order valence-electron chi connectivity index (χ0n) is 15.1. The van der Waals surface area contributed by atoms with Crippen LogP contribution >= 0.6 is 15.9 Å². The molecule has 0 heterocycles. The smallest absolute Gasteiger partial charge is 0.416 e. The number of nitrogens with zero attached hydrogens (tertiary/aromatic N) is 1. The molecule has 2 rings (SSSR count). The van der Waals surface area contributed by atoms with E-state index >= 15 is 0 Å². The molecule has 2 aromatic rings. The summed E-state index contributed by atoms with van der Waals surface area (Å²) in [6.07, 6.45) is -4.50. The van der Waals surface area contributed by atoms with Gasteiger partial charge in [-0.1, -0.05) is 22.0 Å². The third-order valence-electron chi connectivity index (χ3n) is 3.79. The van der Waals surface area contributed by atoms with Gasteiger partial charge < -0.3 is 15.0 Å².